The highest BCUT2D eigenvalue weighted by Crippen LogP contribution is 2.17. The maximum Gasteiger partial charge on any atom is 0.306 e. The monoisotopic (exact) mass is 1090 g/mol. The third-order valence-corrected chi connectivity index (χ3v) is 14.9. The lowest BCUT2D eigenvalue weighted by Gasteiger charge is -2.18. The van der Waals surface area contributed by atoms with Crippen molar-refractivity contribution in [1.29, 1.82) is 0 Å². The van der Waals surface area contributed by atoms with Crippen molar-refractivity contribution in [2.45, 2.75) is 354 Å². The second kappa shape index (κ2) is 66.4. The lowest BCUT2D eigenvalue weighted by atomic mass is 10.0. The summed E-state index contributed by atoms with van der Waals surface area (Å²) in [5.41, 5.74) is 0. The predicted molar refractivity (Wildman–Crippen MR) is 339 cm³/mol. The molecule has 0 radical (unpaired) electrons. The van der Waals surface area contributed by atoms with E-state index < -0.39 is 6.10 Å². The van der Waals surface area contributed by atoms with Gasteiger partial charge in [0.2, 0.25) is 0 Å². The van der Waals surface area contributed by atoms with Gasteiger partial charge >= 0.3 is 17.9 Å². The van der Waals surface area contributed by atoms with Crippen LogP contribution in [0.15, 0.2) is 72.9 Å². The molecule has 0 bridgehead atoms. The van der Waals surface area contributed by atoms with Gasteiger partial charge in [0, 0.05) is 19.3 Å². The first-order chi connectivity index (χ1) is 38.5. The van der Waals surface area contributed by atoms with E-state index in [1.54, 1.807) is 0 Å². The third-order valence-electron chi connectivity index (χ3n) is 14.9. The molecule has 6 heteroatoms. The normalized spacial score (nSPS) is 12.5. The molecule has 0 amide bonds. The minimum Gasteiger partial charge on any atom is -0.462 e. The highest BCUT2D eigenvalue weighted by Gasteiger charge is 2.19. The van der Waals surface area contributed by atoms with Gasteiger partial charge in [0.05, 0.1) is 0 Å². The summed E-state index contributed by atoms with van der Waals surface area (Å²) >= 11 is 0. The second-order valence-corrected chi connectivity index (χ2v) is 22.7. The largest absolute Gasteiger partial charge is 0.462 e. The average Bonchev–Trinajstić information content (AvgIpc) is 3.44. The number of ether oxygens (including phenoxy) is 3. The summed E-state index contributed by atoms with van der Waals surface area (Å²) in [6.45, 7) is 6.62. The first-order valence-electron chi connectivity index (χ1n) is 33.9. The van der Waals surface area contributed by atoms with E-state index in [-0.39, 0.29) is 31.1 Å². The fraction of sp³-hybridized carbons (Fsp3) is 0.792. The average molecular weight is 1090 g/mol. The van der Waals surface area contributed by atoms with Crippen LogP contribution in [0.1, 0.15) is 348 Å². The van der Waals surface area contributed by atoms with Crippen molar-refractivity contribution in [3.63, 3.8) is 0 Å². The lowest BCUT2D eigenvalue weighted by Crippen LogP contribution is -2.30. The topological polar surface area (TPSA) is 78.9 Å². The Morgan fingerprint density at radius 3 is 0.744 bits per heavy atom. The molecule has 0 saturated heterocycles. The van der Waals surface area contributed by atoms with Crippen LogP contribution in [0, 0.1) is 0 Å². The molecule has 0 spiro atoms. The summed E-state index contributed by atoms with van der Waals surface area (Å²) in [6.07, 6.45) is 86.2. The van der Waals surface area contributed by atoms with E-state index in [4.69, 9.17) is 14.2 Å². The van der Waals surface area contributed by atoms with Gasteiger partial charge in [0.25, 0.3) is 0 Å². The van der Waals surface area contributed by atoms with Gasteiger partial charge in [-0.15, -0.1) is 0 Å². The molecule has 0 aliphatic carbocycles. The molecule has 0 rings (SSSR count). The van der Waals surface area contributed by atoms with Crippen LogP contribution >= 0.6 is 0 Å². The van der Waals surface area contributed by atoms with Crippen molar-refractivity contribution in [3.8, 4) is 0 Å². The maximum absolute atomic E-state index is 12.9. The summed E-state index contributed by atoms with van der Waals surface area (Å²) in [5, 5.41) is 0. The summed E-state index contributed by atoms with van der Waals surface area (Å²) < 4.78 is 17.0. The molecule has 0 aromatic heterocycles. The van der Waals surface area contributed by atoms with E-state index in [0.29, 0.717) is 19.3 Å². The Morgan fingerprint density at radius 1 is 0.256 bits per heavy atom. The van der Waals surface area contributed by atoms with Crippen LogP contribution in [0.5, 0.6) is 0 Å². The van der Waals surface area contributed by atoms with Gasteiger partial charge in [-0.1, -0.05) is 306 Å². The fourth-order valence-electron chi connectivity index (χ4n) is 9.81. The molecule has 0 heterocycles. The zero-order chi connectivity index (χ0) is 56.4. The zero-order valence-electron chi connectivity index (χ0n) is 51.9. The molecule has 452 valence electrons. The fourth-order valence-corrected chi connectivity index (χ4v) is 9.81. The molecule has 78 heavy (non-hydrogen) atoms. The van der Waals surface area contributed by atoms with E-state index in [1.165, 1.54) is 205 Å². The van der Waals surface area contributed by atoms with Gasteiger partial charge < -0.3 is 14.2 Å². The van der Waals surface area contributed by atoms with Crippen LogP contribution in [-0.2, 0) is 28.6 Å². The van der Waals surface area contributed by atoms with Crippen molar-refractivity contribution < 1.29 is 28.6 Å². The number of carbonyl (C=O) groups is 3. The number of rotatable bonds is 62. The number of hydrogen-bond acceptors (Lipinski definition) is 6. The minimum absolute atomic E-state index is 0.0822. The quantitative estimate of drug-likeness (QED) is 0.0261. The third kappa shape index (κ3) is 63.7. The van der Waals surface area contributed by atoms with Crippen molar-refractivity contribution in [2.75, 3.05) is 13.2 Å². The van der Waals surface area contributed by atoms with Crippen LogP contribution in [0.4, 0.5) is 0 Å². The van der Waals surface area contributed by atoms with Crippen molar-refractivity contribution in [3.05, 3.63) is 72.9 Å². The Labute approximate surface area is 484 Å². The molecule has 1 unspecified atom stereocenters. The number of hydrogen-bond donors (Lipinski definition) is 0. The van der Waals surface area contributed by atoms with Gasteiger partial charge in [-0.05, 0) is 96.3 Å². The molecule has 0 aromatic rings. The highest BCUT2D eigenvalue weighted by molar-refractivity contribution is 5.71. The van der Waals surface area contributed by atoms with Gasteiger partial charge in [-0.2, -0.15) is 0 Å². The summed E-state index contributed by atoms with van der Waals surface area (Å²) in [5.74, 6) is -0.889. The molecule has 1 atom stereocenters. The lowest BCUT2D eigenvalue weighted by molar-refractivity contribution is -0.167. The Morgan fingerprint density at radius 2 is 0.462 bits per heavy atom. The number of carbonyl (C=O) groups excluding carboxylic acids is 3. The van der Waals surface area contributed by atoms with E-state index in [0.717, 1.165) is 103 Å². The zero-order valence-corrected chi connectivity index (χ0v) is 51.9. The maximum atomic E-state index is 12.9. The van der Waals surface area contributed by atoms with Crippen LogP contribution in [-0.4, -0.2) is 37.2 Å². The molecule has 0 aliphatic heterocycles. The molecular weight excluding hydrogens is 961 g/mol. The molecule has 6 nitrogen and oxygen atoms in total. The smallest absolute Gasteiger partial charge is 0.306 e. The predicted octanol–water partition coefficient (Wildman–Crippen LogP) is 23.3. The van der Waals surface area contributed by atoms with Gasteiger partial charge in [-0.25, -0.2) is 0 Å². The van der Waals surface area contributed by atoms with E-state index >= 15 is 0 Å². The standard InChI is InChI=1S/C72H128O6/c1-4-7-10-13-16-19-22-25-28-31-34-35-36-39-41-44-47-50-53-56-59-62-65-71(74)77-68-69(78-72(75)66-63-60-57-54-51-48-45-42-38-33-30-27-24-21-18-15-12-9-6-3)67-76-70(73)64-61-58-55-52-49-46-43-40-37-32-29-26-23-20-17-14-11-8-5-2/h17-18,20-21,26-27,29-30,37-38,40,42,69H,4-16,19,22-25,28,31-36,39,41,43-68H2,1-3H3/b20-17-,21-18-,29-26-,30-27-,40-37-,42-38-. The van der Waals surface area contributed by atoms with Crippen molar-refractivity contribution in [2.24, 2.45) is 0 Å². The summed E-state index contributed by atoms with van der Waals surface area (Å²) in [7, 11) is 0. The van der Waals surface area contributed by atoms with Crippen molar-refractivity contribution >= 4 is 17.9 Å². The molecule has 0 fully saturated rings. The molecule has 0 aromatic carbocycles. The Bertz CT molecular complexity index is 1440. The van der Waals surface area contributed by atoms with E-state index in [9.17, 15) is 14.4 Å². The van der Waals surface area contributed by atoms with E-state index in [1.807, 2.05) is 0 Å². The first-order valence-corrected chi connectivity index (χ1v) is 33.9. The Kier molecular flexibility index (Phi) is 63.7. The van der Waals surface area contributed by atoms with Gasteiger partial charge in [0.15, 0.2) is 6.10 Å². The summed E-state index contributed by atoms with van der Waals surface area (Å²) in [6, 6.07) is 0. The minimum atomic E-state index is -0.789. The summed E-state index contributed by atoms with van der Waals surface area (Å²) in [4.78, 5) is 38.4. The van der Waals surface area contributed by atoms with E-state index in [2.05, 4.69) is 93.7 Å². The Hall–Kier alpha value is -3.15. The number of allylic oxidation sites excluding steroid dienone is 12. The number of unbranched alkanes of at least 4 members (excludes halogenated alkanes) is 39. The van der Waals surface area contributed by atoms with Crippen LogP contribution in [0.25, 0.3) is 0 Å². The highest BCUT2D eigenvalue weighted by atomic mass is 16.6. The Balaban J connectivity index is 4.38. The van der Waals surface area contributed by atoms with Crippen LogP contribution in [0.3, 0.4) is 0 Å². The number of esters is 3. The van der Waals surface area contributed by atoms with Crippen LogP contribution in [0.2, 0.25) is 0 Å². The SMILES string of the molecule is CCCCC/C=C\C/C=C\C/C=C\CCCCCCCCC(=O)OCC(COC(=O)CCCCCCCCCCCCCCCCCCCCCCCC)OC(=O)CCCCCCCC/C=C\C/C=C\C/C=C\CCCCC. The van der Waals surface area contributed by atoms with Crippen molar-refractivity contribution in [1.82, 2.24) is 0 Å². The second-order valence-electron chi connectivity index (χ2n) is 22.7. The molecule has 0 saturated carbocycles. The molecular formula is C72H128O6. The first kappa shape index (κ1) is 74.8. The van der Waals surface area contributed by atoms with Gasteiger partial charge in [0.1, 0.15) is 13.2 Å². The molecule has 0 aliphatic rings. The van der Waals surface area contributed by atoms with Gasteiger partial charge in [-0.3, -0.25) is 14.4 Å². The van der Waals surface area contributed by atoms with Crippen LogP contribution < -0.4 is 0 Å². The molecule has 0 N–H and O–H groups in total.